The standard InChI is InChI=1S/C54H41N9O9S3/c64-73(65,66)28-4-25-61-22-1-7-40(34-61)13-10-37-16-19-43-46(31-37)52-56-49(43)55-50-44-20-17-38(11-14-41-8-2-23-62(35-41)26-5-29-74(67,68)69)32-47(44)53(57-50)60-54-48-33-39(18-21-45(48)51(58-52)59-54)12-15-42-9-3-24-63(36-42)27-6-30-75(70,71)72/h1-3,7-9,16-24,31-36H,4-6,25-30H2,(H2-3,55,56,57,58,59,60,64,65,66,67,68,69,70,71,72). The molecule has 3 aromatic carbocycles. The predicted molar refractivity (Wildman–Crippen MR) is 274 cm³/mol. The highest BCUT2D eigenvalue weighted by Crippen LogP contribution is 2.36. The van der Waals surface area contributed by atoms with Gasteiger partial charge < -0.3 is 23.6 Å². The molecule has 0 atom stereocenters. The normalized spacial score (nSPS) is 11.9. The van der Waals surface area contributed by atoms with Gasteiger partial charge in [0.2, 0.25) is 0 Å². The average Bonchev–Trinajstić information content (AvgIpc) is 4.03. The Kier molecular flexibility index (Phi) is 13.9. The zero-order chi connectivity index (χ0) is 52.3. The summed E-state index contributed by atoms with van der Waals surface area (Å²) < 4.78 is 106. The number of fused-ring (bicyclic) bond motifs is 15. The van der Waals surface area contributed by atoms with Crippen molar-refractivity contribution in [3.8, 4) is 58.3 Å². The van der Waals surface area contributed by atoms with Crippen LogP contribution in [-0.4, -0.2) is 86.1 Å². The monoisotopic (exact) mass is 1060 g/mol. The molecule has 374 valence electrons. The molecular weight excluding hydrogens is 1010 g/mol. The van der Waals surface area contributed by atoms with Gasteiger partial charge in [-0.1, -0.05) is 35.5 Å². The molecule has 0 saturated carbocycles. The molecule has 0 saturated heterocycles. The highest BCUT2D eigenvalue weighted by atomic mass is 32.2. The number of hydrogen-bond donors (Lipinski definition) is 2. The first-order chi connectivity index (χ1) is 35.9. The van der Waals surface area contributed by atoms with Crippen LogP contribution in [0.25, 0.3) is 66.9 Å². The SMILES string of the molecule is O=S(=O)([O-])CCC[n+]1cccc(C#Cc2ccc3c(c2)-c2nc-3nc3[nH]c(nc4[nH]c(n2)c2cc(C#Cc5ccc[n+](CCCS(=O)(=O)[O-])c5)ccc42)c2ccc(C#Cc4ccc[n+](CCCS(=O)(=O)[O-])c4)cc32)c1. The maximum Gasteiger partial charge on any atom is 0.184 e. The summed E-state index contributed by atoms with van der Waals surface area (Å²) in [4.78, 5) is 27.3. The second-order valence-electron chi connectivity index (χ2n) is 17.6. The minimum absolute atomic E-state index is 0.168. The van der Waals surface area contributed by atoms with Gasteiger partial charge in [-0.2, -0.15) is 0 Å². The van der Waals surface area contributed by atoms with Gasteiger partial charge in [-0.25, -0.2) is 58.9 Å². The van der Waals surface area contributed by atoms with Crippen LogP contribution in [0.15, 0.2) is 128 Å². The molecule has 75 heavy (non-hydrogen) atoms. The van der Waals surface area contributed by atoms with E-state index in [-0.39, 0.29) is 19.3 Å². The van der Waals surface area contributed by atoms with Gasteiger partial charge in [0.05, 0.1) is 47.0 Å². The maximum atomic E-state index is 11.2. The average molecular weight is 1060 g/mol. The highest BCUT2D eigenvalue weighted by molar-refractivity contribution is 7.86. The van der Waals surface area contributed by atoms with Gasteiger partial charge in [0.1, 0.15) is 42.2 Å². The lowest BCUT2D eigenvalue weighted by molar-refractivity contribution is -0.697. The topological polar surface area (TPSA) is 266 Å². The number of rotatable bonds is 12. The lowest BCUT2D eigenvalue weighted by Crippen LogP contribution is -2.34. The molecule has 18 nitrogen and oxygen atoms in total. The Bertz CT molecular complexity index is 4430. The number of benzene rings is 3. The van der Waals surface area contributed by atoms with Crippen molar-refractivity contribution in [2.24, 2.45) is 0 Å². The van der Waals surface area contributed by atoms with Gasteiger partial charge in [-0.3, -0.25) is 0 Å². The summed E-state index contributed by atoms with van der Waals surface area (Å²) in [5.74, 6) is 18.7. The Balaban J connectivity index is 1.07. The number of nitrogens with one attached hydrogen (secondary N) is 2. The van der Waals surface area contributed by atoms with E-state index in [0.717, 1.165) is 16.2 Å². The van der Waals surface area contributed by atoms with Crippen LogP contribution in [0.4, 0.5) is 0 Å². The molecule has 1 aliphatic heterocycles. The van der Waals surface area contributed by atoms with Crippen molar-refractivity contribution >= 4 is 74.5 Å². The van der Waals surface area contributed by atoms with Crippen molar-refractivity contribution in [2.45, 2.75) is 38.9 Å². The molecular formula is C54H41N9O9S3. The van der Waals surface area contributed by atoms with E-state index in [1.165, 1.54) is 0 Å². The number of nitrogens with zero attached hydrogens (tertiary/aromatic N) is 7. The summed E-state index contributed by atoms with van der Waals surface area (Å²) in [6.45, 7) is 0.998. The molecule has 7 heterocycles. The summed E-state index contributed by atoms with van der Waals surface area (Å²) in [6.07, 6.45) is 11.2. The van der Waals surface area contributed by atoms with E-state index in [0.29, 0.717) is 104 Å². The fourth-order valence-electron chi connectivity index (χ4n) is 8.52. The van der Waals surface area contributed by atoms with Crippen LogP contribution in [0.3, 0.4) is 0 Å². The van der Waals surface area contributed by atoms with E-state index in [9.17, 15) is 38.9 Å². The predicted octanol–water partition coefficient (Wildman–Crippen LogP) is 4.18. The molecule has 21 heteroatoms. The van der Waals surface area contributed by atoms with E-state index >= 15 is 0 Å². The van der Waals surface area contributed by atoms with Crippen molar-refractivity contribution in [1.82, 2.24) is 29.9 Å². The molecule has 0 fully saturated rings. The lowest BCUT2D eigenvalue weighted by Gasteiger charge is -2.04. The Labute approximate surface area is 430 Å². The summed E-state index contributed by atoms with van der Waals surface area (Å²) >= 11 is 0. The van der Waals surface area contributed by atoms with Gasteiger partial charge in [-0.05, 0) is 72.8 Å². The van der Waals surface area contributed by atoms with Crippen LogP contribution in [-0.2, 0) is 50.0 Å². The fourth-order valence-corrected chi connectivity index (χ4v) is 9.97. The molecule has 6 aromatic heterocycles. The molecule has 10 rings (SSSR count). The van der Waals surface area contributed by atoms with Gasteiger partial charge in [0.15, 0.2) is 48.8 Å². The quantitative estimate of drug-likeness (QED) is 0.0990. The lowest BCUT2D eigenvalue weighted by atomic mass is 10.0. The smallest absolute Gasteiger partial charge is 0.184 e. The number of aromatic amines is 2. The molecule has 0 aliphatic carbocycles. The van der Waals surface area contributed by atoms with E-state index in [2.05, 4.69) is 45.5 Å². The third kappa shape index (κ3) is 12.7. The molecule has 2 N–H and O–H groups in total. The van der Waals surface area contributed by atoms with Crippen molar-refractivity contribution < 1.29 is 52.6 Å². The Morgan fingerprint density at radius 2 is 0.760 bits per heavy atom. The Morgan fingerprint density at radius 3 is 1.17 bits per heavy atom. The second-order valence-corrected chi connectivity index (χ2v) is 22.2. The van der Waals surface area contributed by atoms with Crippen LogP contribution in [0, 0.1) is 35.5 Å². The minimum Gasteiger partial charge on any atom is -0.748 e. The summed E-state index contributed by atoms with van der Waals surface area (Å²) in [6, 6.07) is 28.0. The first-order valence-electron chi connectivity index (χ1n) is 23.3. The third-order valence-electron chi connectivity index (χ3n) is 12.0. The van der Waals surface area contributed by atoms with E-state index in [1.54, 1.807) is 69.1 Å². The fraction of sp³-hybridized carbons (Fsp3) is 0.167. The van der Waals surface area contributed by atoms with E-state index in [1.807, 2.05) is 72.8 Å². The van der Waals surface area contributed by atoms with Crippen LogP contribution in [0.1, 0.15) is 52.6 Å². The molecule has 0 spiro atoms. The van der Waals surface area contributed by atoms with Crippen LogP contribution in [0.5, 0.6) is 0 Å². The van der Waals surface area contributed by atoms with Crippen LogP contribution in [0.2, 0.25) is 0 Å². The molecule has 0 amide bonds. The van der Waals surface area contributed by atoms with Gasteiger partial charge in [-0.15, -0.1) is 0 Å². The summed E-state index contributed by atoms with van der Waals surface area (Å²) in [7, 11) is -13.0. The molecule has 0 unspecified atom stereocenters. The summed E-state index contributed by atoms with van der Waals surface area (Å²) in [5, 5.41) is 2.94. The Hall–Kier alpha value is -8.46. The third-order valence-corrected chi connectivity index (χ3v) is 14.3. The molecule has 9 aromatic rings. The number of aromatic nitrogens is 9. The summed E-state index contributed by atoms with van der Waals surface area (Å²) in [5.41, 5.74) is 7.39. The molecule has 0 radical (unpaired) electrons. The van der Waals surface area contributed by atoms with Gasteiger partial charge >= 0.3 is 0 Å². The first kappa shape index (κ1) is 50.1. The molecule has 6 bridgehead atoms. The number of aryl methyl sites for hydroxylation is 3. The Morgan fingerprint density at radius 1 is 0.400 bits per heavy atom. The zero-order valence-corrected chi connectivity index (χ0v) is 42.0. The van der Waals surface area contributed by atoms with Crippen molar-refractivity contribution in [2.75, 3.05) is 17.3 Å². The highest BCUT2D eigenvalue weighted by Gasteiger charge is 2.21. The van der Waals surface area contributed by atoms with Gasteiger partial charge in [0, 0.05) is 104 Å². The molecule has 1 aliphatic rings. The zero-order valence-electron chi connectivity index (χ0n) is 39.5. The maximum absolute atomic E-state index is 11.2. The van der Waals surface area contributed by atoms with E-state index in [4.69, 9.17) is 19.9 Å². The van der Waals surface area contributed by atoms with E-state index < -0.39 is 47.6 Å². The van der Waals surface area contributed by atoms with Crippen molar-refractivity contribution in [3.05, 3.63) is 162 Å². The van der Waals surface area contributed by atoms with Crippen LogP contribution < -0.4 is 13.7 Å². The second kappa shape index (κ2) is 20.8. The van der Waals surface area contributed by atoms with Crippen LogP contribution >= 0.6 is 0 Å². The number of pyridine rings is 3. The van der Waals surface area contributed by atoms with Crippen molar-refractivity contribution in [3.63, 3.8) is 0 Å². The number of hydrogen-bond acceptors (Lipinski definition) is 13. The van der Waals surface area contributed by atoms with Crippen molar-refractivity contribution in [1.29, 1.82) is 0 Å². The largest absolute Gasteiger partial charge is 0.748 e. The first-order valence-corrected chi connectivity index (χ1v) is 28.1. The minimum atomic E-state index is -4.33. The number of H-pyrrole nitrogens is 2. The van der Waals surface area contributed by atoms with Gasteiger partial charge in [0.25, 0.3) is 0 Å².